The standard InChI is InChI=1S/C25H26N4O6S2.ClH/c1-33-18-5-6-19(34-2)23-22(18)26-25(37-23)28(9-3-8-27-10-12-35-13-11-27)24(30)21-15-16-14-17(29(31)32)4-7-20(16)36-21;/h4-7,14-15H,3,8-13H2,1-2H3;1H. The molecular weight excluding hydrogens is 552 g/mol. The van der Waals surface area contributed by atoms with Gasteiger partial charge in [0.1, 0.15) is 21.7 Å². The monoisotopic (exact) mass is 578 g/mol. The van der Waals surface area contributed by atoms with Crippen molar-refractivity contribution in [3.63, 3.8) is 0 Å². The highest BCUT2D eigenvalue weighted by molar-refractivity contribution is 7.23. The van der Waals surface area contributed by atoms with Gasteiger partial charge in [-0.1, -0.05) is 11.3 Å². The van der Waals surface area contributed by atoms with Crippen molar-refractivity contribution in [2.45, 2.75) is 6.42 Å². The molecule has 2 aromatic carbocycles. The molecule has 1 saturated heterocycles. The number of fused-ring (bicyclic) bond motifs is 2. The summed E-state index contributed by atoms with van der Waals surface area (Å²) >= 11 is 2.70. The molecule has 13 heteroatoms. The summed E-state index contributed by atoms with van der Waals surface area (Å²) in [6, 6.07) is 9.99. The number of hydrogen-bond donors (Lipinski definition) is 0. The van der Waals surface area contributed by atoms with Crippen LogP contribution in [0.5, 0.6) is 11.5 Å². The first-order chi connectivity index (χ1) is 18.0. The number of nitro benzene ring substituents is 1. The van der Waals surface area contributed by atoms with Crippen LogP contribution in [0, 0.1) is 10.1 Å². The number of nitrogens with zero attached hydrogens (tertiary/aromatic N) is 4. The molecule has 38 heavy (non-hydrogen) atoms. The predicted molar refractivity (Wildman–Crippen MR) is 152 cm³/mol. The van der Waals surface area contributed by atoms with Crippen LogP contribution in [0.2, 0.25) is 0 Å². The van der Waals surface area contributed by atoms with Crippen molar-refractivity contribution in [2.24, 2.45) is 0 Å². The van der Waals surface area contributed by atoms with E-state index in [0.717, 1.165) is 35.5 Å². The Kier molecular flexibility index (Phi) is 9.00. The van der Waals surface area contributed by atoms with Gasteiger partial charge in [0, 0.05) is 48.4 Å². The van der Waals surface area contributed by atoms with E-state index in [0.29, 0.717) is 52.2 Å². The maximum absolute atomic E-state index is 13.9. The maximum atomic E-state index is 13.9. The summed E-state index contributed by atoms with van der Waals surface area (Å²) in [4.78, 5) is 34.0. The van der Waals surface area contributed by atoms with E-state index in [1.54, 1.807) is 37.3 Å². The van der Waals surface area contributed by atoms with Gasteiger partial charge < -0.3 is 14.2 Å². The summed E-state index contributed by atoms with van der Waals surface area (Å²) in [6.45, 7) is 4.48. The third-order valence-electron chi connectivity index (χ3n) is 6.26. The average molecular weight is 579 g/mol. The molecule has 10 nitrogen and oxygen atoms in total. The fourth-order valence-electron chi connectivity index (χ4n) is 4.33. The number of aromatic nitrogens is 1. The predicted octanol–water partition coefficient (Wildman–Crippen LogP) is 5.23. The molecule has 0 bridgehead atoms. The SMILES string of the molecule is COc1ccc(OC)c2sc(N(CCCN3CCOCC3)C(=O)c3cc4cc([N+](=O)[O-])ccc4s3)nc12.Cl. The number of non-ortho nitro benzene ring substituents is 1. The Hall–Kier alpha value is -3.03. The first-order valence-electron chi connectivity index (χ1n) is 11.8. The molecule has 0 saturated carbocycles. The number of amides is 1. The van der Waals surface area contributed by atoms with Crippen LogP contribution in [0.1, 0.15) is 16.1 Å². The van der Waals surface area contributed by atoms with Crippen LogP contribution in [0.3, 0.4) is 0 Å². The highest BCUT2D eigenvalue weighted by atomic mass is 35.5. The number of benzene rings is 2. The van der Waals surface area contributed by atoms with Crippen LogP contribution < -0.4 is 14.4 Å². The first-order valence-corrected chi connectivity index (χ1v) is 13.4. The molecule has 0 unspecified atom stereocenters. The number of carbonyl (C=O) groups is 1. The van der Waals surface area contributed by atoms with Crippen molar-refractivity contribution in [1.82, 2.24) is 9.88 Å². The highest BCUT2D eigenvalue weighted by Gasteiger charge is 2.25. The van der Waals surface area contributed by atoms with Crippen molar-refractivity contribution in [3.8, 4) is 11.5 Å². The second-order valence-corrected chi connectivity index (χ2v) is 10.6. The van der Waals surface area contributed by atoms with Gasteiger partial charge in [-0.15, -0.1) is 23.7 Å². The second kappa shape index (κ2) is 12.2. The minimum Gasteiger partial charge on any atom is -0.495 e. The highest BCUT2D eigenvalue weighted by Crippen LogP contribution is 2.41. The number of carbonyl (C=O) groups excluding carboxylic acids is 1. The molecule has 0 atom stereocenters. The number of thiazole rings is 1. The van der Waals surface area contributed by atoms with E-state index in [2.05, 4.69) is 4.90 Å². The lowest BCUT2D eigenvalue weighted by Gasteiger charge is -2.27. The van der Waals surface area contributed by atoms with Crippen LogP contribution in [-0.2, 0) is 4.74 Å². The minimum absolute atomic E-state index is 0. The quantitative estimate of drug-likeness (QED) is 0.196. The van der Waals surface area contributed by atoms with Gasteiger partial charge >= 0.3 is 0 Å². The van der Waals surface area contributed by atoms with Crippen LogP contribution in [0.25, 0.3) is 20.3 Å². The normalized spacial score (nSPS) is 13.8. The van der Waals surface area contributed by atoms with Gasteiger partial charge in [0.05, 0.1) is 37.2 Å². The number of rotatable bonds is 9. The Labute approximate surface area is 233 Å². The Bertz CT molecular complexity index is 1410. The van der Waals surface area contributed by atoms with Gasteiger partial charge in [0.25, 0.3) is 11.6 Å². The van der Waals surface area contributed by atoms with Gasteiger partial charge in [-0.05, 0) is 30.7 Å². The van der Waals surface area contributed by atoms with E-state index < -0.39 is 4.92 Å². The Balaban J connectivity index is 0.00000336. The summed E-state index contributed by atoms with van der Waals surface area (Å²) in [7, 11) is 3.18. The van der Waals surface area contributed by atoms with Crippen LogP contribution in [-0.4, -0.2) is 74.3 Å². The molecule has 3 heterocycles. The van der Waals surface area contributed by atoms with Crippen LogP contribution in [0.15, 0.2) is 36.4 Å². The summed E-state index contributed by atoms with van der Waals surface area (Å²) < 4.78 is 18.1. The van der Waals surface area contributed by atoms with Gasteiger partial charge in [0.2, 0.25) is 0 Å². The second-order valence-electron chi connectivity index (χ2n) is 8.50. The molecule has 4 aromatic rings. The molecule has 1 amide bonds. The minimum atomic E-state index is -0.432. The summed E-state index contributed by atoms with van der Waals surface area (Å²) in [5, 5.41) is 12.4. The molecule has 0 aliphatic carbocycles. The zero-order valence-corrected chi connectivity index (χ0v) is 23.3. The number of methoxy groups -OCH3 is 2. The lowest BCUT2D eigenvalue weighted by Crippen LogP contribution is -2.39. The largest absolute Gasteiger partial charge is 0.495 e. The molecule has 0 spiro atoms. The number of anilines is 1. The van der Waals surface area contributed by atoms with Crippen molar-refractivity contribution >= 4 is 72.1 Å². The summed E-state index contributed by atoms with van der Waals surface area (Å²) in [5.74, 6) is 1.07. The molecule has 5 rings (SSSR count). The molecular formula is C25H27ClN4O6S2. The van der Waals surface area contributed by atoms with Crippen LogP contribution in [0.4, 0.5) is 10.8 Å². The fourth-order valence-corrected chi connectivity index (χ4v) is 6.42. The van der Waals surface area contributed by atoms with Gasteiger partial charge in [-0.25, -0.2) is 4.98 Å². The number of thiophene rings is 1. The van der Waals surface area contributed by atoms with E-state index >= 15 is 0 Å². The van der Waals surface area contributed by atoms with Crippen molar-refractivity contribution in [2.75, 3.05) is 58.5 Å². The third-order valence-corrected chi connectivity index (χ3v) is 8.45. The molecule has 0 N–H and O–H groups in total. The number of halogens is 1. The molecule has 2 aromatic heterocycles. The Morgan fingerprint density at radius 2 is 1.87 bits per heavy atom. The molecule has 1 aliphatic rings. The number of ether oxygens (including phenoxy) is 3. The summed E-state index contributed by atoms with van der Waals surface area (Å²) in [6.07, 6.45) is 0.756. The maximum Gasteiger partial charge on any atom is 0.270 e. The lowest BCUT2D eigenvalue weighted by molar-refractivity contribution is -0.384. The lowest BCUT2D eigenvalue weighted by atomic mass is 10.2. The number of nitro groups is 1. The number of hydrogen-bond acceptors (Lipinski definition) is 10. The van der Waals surface area contributed by atoms with Gasteiger partial charge in [-0.3, -0.25) is 24.7 Å². The van der Waals surface area contributed by atoms with Crippen molar-refractivity contribution < 1.29 is 23.9 Å². The van der Waals surface area contributed by atoms with E-state index in [1.165, 1.54) is 34.8 Å². The van der Waals surface area contributed by atoms with Crippen LogP contribution >= 0.6 is 35.1 Å². The van der Waals surface area contributed by atoms with E-state index in [-0.39, 0.29) is 24.0 Å². The first kappa shape index (κ1) is 28.0. The number of morpholine rings is 1. The smallest absolute Gasteiger partial charge is 0.270 e. The van der Waals surface area contributed by atoms with Crippen molar-refractivity contribution in [1.29, 1.82) is 0 Å². The van der Waals surface area contributed by atoms with E-state index in [4.69, 9.17) is 19.2 Å². The topological polar surface area (TPSA) is 107 Å². The van der Waals surface area contributed by atoms with E-state index in [9.17, 15) is 14.9 Å². The molecule has 202 valence electrons. The average Bonchev–Trinajstić information content (AvgIpc) is 3.55. The molecule has 0 radical (unpaired) electrons. The van der Waals surface area contributed by atoms with Gasteiger partial charge in [0.15, 0.2) is 5.13 Å². The third kappa shape index (κ3) is 5.69. The molecule has 1 aliphatic heterocycles. The van der Waals surface area contributed by atoms with Crippen molar-refractivity contribution in [3.05, 3.63) is 51.4 Å². The Morgan fingerprint density at radius 1 is 1.13 bits per heavy atom. The van der Waals surface area contributed by atoms with Gasteiger partial charge in [-0.2, -0.15) is 0 Å². The zero-order chi connectivity index (χ0) is 25.9. The molecule has 1 fully saturated rings. The summed E-state index contributed by atoms with van der Waals surface area (Å²) in [5.41, 5.74) is 0.636. The van der Waals surface area contributed by atoms with E-state index in [1.807, 2.05) is 6.07 Å². The Morgan fingerprint density at radius 3 is 2.58 bits per heavy atom. The fraction of sp³-hybridized carbons (Fsp3) is 0.360. The zero-order valence-electron chi connectivity index (χ0n) is 20.9.